The topological polar surface area (TPSA) is 121 Å². The van der Waals surface area contributed by atoms with Crippen LogP contribution in [0.15, 0.2) is 42.5 Å². The number of methoxy groups -OCH3 is 1. The van der Waals surface area contributed by atoms with Crippen molar-refractivity contribution < 1.29 is 9.53 Å². The standard InChI is InChI=1S/C20H19N7O2/c1-11(21)20(12(2)28)13-7-14-15(8-16(13)29-3)27-18(25-26-19(27)10-24-14)9-17-22-5-4-6-23-17/h4-8,10H,9,21H2,1-3H3. The Morgan fingerprint density at radius 2 is 1.90 bits per heavy atom. The van der Waals surface area contributed by atoms with Gasteiger partial charge in [-0.05, 0) is 26.0 Å². The molecule has 0 unspecified atom stereocenters. The third-order valence-electron chi connectivity index (χ3n) is 4.56. The van der Waals surface area contributed by atoms with Gasteiger partial charge in [0.25, 0.3) is 0 Å². The lowest BCUT2D eigenvalue weighted by Crippen LogP contribution is -2.08. The predicted molar refractivity (Wildman–Crippen MR) is 107 cm³/mol. The first kappa shape index (κ1) is 18.5. The van der Waals surface area contributed by atoms with Gasteiger partial charge in [-0.25, -0.2) is 9.97 Å². The lowest BCUT2D eigenvalue weighted by Gasteiger charge is -2.14. The molecule has 3 heterocycles. The Labute approximate surface area is 166 Å². The monoisotopic (exact) mass is 389 g/mol. The van der Waals surface area contributed by atoms with Crippen LogP contribution in [0.1, 0.15) is 31.1 Å². The summed E-state index contributed by atoms with van der Waals surface area (Å²) in [5, 5.41) is 8.48. The Balaban J connectivity index is 1.96. The zero-order chi connectivity index (χ0) is 20.5. The number of ether oxygens (including phenoxy) is 1. The van der Waals surface area contributed by atoms with Gasteiger partial charge >= 0.3 is 0 Å². The SMILES string of the molecule is COc1cc2c(cc1C(C(C)=O)=C(C)N)ncc1nnc(Cc3ncccn3)n12. The van der Waals surface area contributed by atoms with Crippen LogP contribution >= 0.6 is 0 Å². The van der Waals surface area contributed by atoms with Crippen molar-refractivity contribution in [2.75, 3.05) is 7.11 Å². The van der Waals surface area contributed by atoms with E-state index in [0.29, 0.717) is 51.8 Å². The highest BCUT2D eigenvalue weighted by Crippen LogP contribution is 2.32. The highest BCUT2D eigenvalue weighted by Gasteiger charge is 2.19. The maximum absolute atomic E-state index is 12.2. The number of nitrogens with zero attached hydrogens (tertiary/aromatic N) is 6. The first-order chi connectivity index (χ1) is 14.0. The second-order valence-electron chi connectivity index (χ2n) is 6.57. The molecule has 0 saturated carbocycles. The second-order valence-corrected chi connectivity index (χ2v) is 6.57. The van der Waals surface area contributed by atoms with Crippen LogP contribution in [0.2, 0.25) is 0 Å². The molecule has 3 aromatic heterocycles. The number of rotatable bonds is 5. The highest BCUT2D eigenvalue weighted by molar-refractivity contribution is 6.21. The summed E-state index contributed by atoms with van der Waals surface area (Å²) in [5.74, 6) is 1.67. The molecule has 0 fully saturated rings. The van der Waals surface area contributed by atoms with Gasteiger partial charge in [-0.3, -0.25) is 14.2 Å². The summed E-state index contributed by atoms with van der Waals surface area (Å²) in [5.41, 5.74) is 9.39. The molecule has 146 valence electrons. The molecule has 2 N–H and O–H groups in total. The number of aromatic nitrogens is 6. The van der Waals surface area contributed by atoms with Gasteiger partial charge in [0.1, 0.15) is 17.4 Å². The van der Waals surface area contributed by atoms with Gasteiger partial charge < -0.3 is 10.5 Å². The van der Waals surface area contributed by atoms with Crippen molar-refractivity contribution in [3.05, 3.63) is 59.7 Å². The molecule has 4 rings (SSSR count). The predicted octanol–water partition coefficient (Wildman–Crippen LogP) is 1.95. The van der Waals surface area contributed by atoms with Crippen LogP contribution in [0.4, 0.5) is 0 Å². The van der Waals surface area contributed by atoms with Crippen molar-refractivity contribution in [3.8, 4) is 5.75 Å². The number of Topliss-reactive ketones (excluding diaryl/α,β-unsaturated/α-hetero) is 1. The molecule has 0 aliphatic heterocycles. The minimum atomic E-state index is -0.144. The minimum Gasteiger partial charge on any atom is -0.496 e. The van der Waals surface area contributed by atoms with Gasteiger partial charge in [-0.1, -0.05) is 0 Å². The van der Waals surface area contributed by atoms with E-state index in [-0.39, 0.29) is 5.78 Å². The number of ketones is 1. The summed E-state index contributed by atoms with van der Waals surface area (Å²) in [6.45, 7) is 3.17. The number of benzene rings is 1. The first-order valence-corrected chi connectivity index (χ1v) is 8.94. The molecule has 0 aliphatic carbocycles. The molecule has 29 heavy (non-hydrogen) atoms. The summed E-state index contributed by atoms with van der Waals surface area (Å²) in [4.78, 5) is 25.2. The molecule has 1 aromatic carbocycles. The van der Waals surface area contributed by atoms with Crippen molar-refractivity contribution in [1.29, 1.82) is 0 Å². The molecule has 0 amide bonds. The molecule has 9 nitrogen and oxygen atoms in total. The Kier molecular flexibility index (Phi) is 4.63. The van der Waals surface area contributed by atoms with Crippen LogP contribution in [0.25, 0.3) is 22.3 Å². The smallest absolute Gasteiger partial charge is 0.179 e. The highest BCUT2D eigenvalue weighted by atomic mass is 16.5. The fourth-order valence-electron chi connectivity index (χ4n) is 3.37. The average Bonchev–Trinajstić information content (AvgIpc) is 3.11. The van der Waals surface area contributed by atoms with Gasteiger partial charge in [0.05, 0.1) is 30.8 Å². The van der Waals surface area contributed by atoms with E-state index in [4.69, 9.17) is 10.5 Å². The first-order valence-electron chi connectivity index (χ1n) is 8.94. The number of carbonyl (C=O) groups excluding carboxylic acids is 1. The molecule has 0 bridgehead atoms. The van der Waals surface area contributed by atoms with Gasteiger partial charge in [-0.15, -0.1) is 10.2 Å². The van der Waals surface area contributed by atoms with Crippen molar-refractivity contribution in [3.63, 3.8) is 0 Å². The Morgan fingerprint density at radius 1 is 1.14 bits per heavy atom. The van der Waals surface area contributed by atoms with Crippen molar-refractivity contribution in [1.82, 2.24) is 29.5 Å². The van der Waals surface area contributed by atoms with Gasteiger partial charge in [0, 0.05) is 35.3 Å². The van der Waals surface area contributed by atoms with Crippen molar-refractivity contribution in [2.45, 2.75) is 20.3 Å². The fraction of sp³-hybridized carbons (Fsp3) is 0.200. The minimum absolute atomic E-state index is 0.144. The largest absolute Gasteiger partial charge is 0.496 e. The van der Waals surface area contributed by atoms with Gasteiger partial charge in [0.2, 0.25) is 0 Å². The van der Waals surface area contributed by atoms with Crippen LogP contribution in [0.5, 0.6) is 5.75 Å². The van der Waals surface area contributed by atoms with Crippen molar-refractivity contribution >= 4 is 28.0 Å². The van der Waals surface area contributed by atoms with Crippen LogP contribution in [-0.4, -0.2) is 42.4 Å². The molecule has 0 radical (unpaired) electrons. The number of carbonyl (C=O) groups is 1. The zero-order valence-electron chi connectivity index (χ0n) is 16.2. The van der Waals surface area contributed by atoms with Crippen LogP contribution < -0.4 is 10.5 Å². The van der Waals surface area contributed by atoms with E-state index in [2.05, 4.69) is 25.1 Å². The second kappa shape index (κ2) is 7.27. The number of fused-ring (bicyclic) bond motifs is 3. The van der Waals surface area contributed by atoms with E-state index >= 15 is 0 Å². The molecular weight excluding hydrogens is 370 g/mol. The summed E-state index contributed by atoms with van der Waals surface area (Å²) in [7, 11) is 1.55. The molecule has 9 heteroatoms. The van der Waals surface area contributed by atoms with E-state index in [1.165, 1.54) is 6.92 Å². The summed E-state index contributed by atoms with van der Waals surface area (Å²) in [6.07, 6.45) is 5.41. The molecular formula is C20H19N7O2. The lowest BCUT2D eigenvalue weighted by molar-refractivity contribution is -0.111. The molecule has 0 spiro atoms. The van der Waals surface area contributed by atoms with E-state index < -0.39 is 0 Å². The third-order valence-corrected chi connectivity index (χ3v) is 4.56. The summed E-state index contributed by atoms with van der Waals surface area (Å²) in [6, 6.07) is 5.37. The number of hydrogen-bond donors (Lipinski definition) is 1. The molecule has 0 saturated heterocycles. The van der Waals surface area contributed by atoms with Crippen LogP contribution in [-0.2, 0) is 11.2 Å². The van der Waals surface area contributed by atoms with E-state index in [0.717, 1.165) is 5.52 Å². The fourth-order valence-corrected chi connectivity index (χ4v) is 3.37. The maximum atomic E-state index is 12.2. The Bertz CT molecular complexity index is 1260. The quantitative estimate of drug-likeness (QED) is 0.514. The number of allylic oxidation sites excluding steroid dienone is 2. The summed E-state index contributed by atoms with van der Waals surface area (Å²) >= 11 is 0. The molecule has 0 aliphatic rings. The number of nitrogens with two attached hydrogens (primary N) is 1. The van der Waals surface area contributed by atoms with Gasteiger partial charge in [-0.2, -0.15) is 0 Å². The Morgan fingerprint density at radius 3 is 2.55 bits per heavy atom. The van der Waals surface area contributed by atoms with Crippen LogP contribution in [0, 0.1) is 0 Å². The summed E-state index contributed by atoms with van der Waals surface area (Å²) < 4.78 is 7.46. The van der Waals surface area contributed by atoms with Crippen molar-refractivity contribution in [2.24, 2.45) is 5.73 Å². The maximum Gasteiger partial charge on any atom is 0.179 e. The van der Waals surface area contributed by atoms with E-state index in [1.54, 1.807) is 44.8 Å². The molecule has 0 atom stereocenters. The number of hydrogen-bond acceptors (Lipinski definition) is 8. The Hall–Kier alpha value is -3.88. The van der Waals surface area contributed by atoms with E-state index in [1.807, 2.05) is 10.5 Å². The molecule has 4 aromatic rings. The third kappa shape index (κ3) is 3.27. The average molecular weight is 389 g/mol. The van der Waals surface area contributed by atoms with Crippen LogP contribution in [0.3, 0.4) is 0 Å². The van der Waals surface area contributed by atoms with Gasteiger partial charge in [0.15, 0.2) is 11.4 Å². The van der Waals surface area contributed by atoms with E-state index in [9.17, 15) is 4.79 Å². The lowest BCUT2D eigenvalue weighted by atomic mass is 9.99. The normalized spacial score (nSPS) is 12.2. The zero-order valence-corrected chi connectivity index (χ0v) is 16.2.